The van der Waals surface area contributed by atoms with Crippen molar-refractivity contribution in [2.45, 2.75) is 40.2 Å². The molecule has 0 aliphatic carbocycles. The summed E-state index contributed by atoms with van der Waals surface area (Å²) >= 11 is 0. The van der Waals surface area contributed by atoms with Gasteiger partial charge in [0.1, 0.15) is 0 Å². The second-order valence-corrected chi connectivity index (χ2v) is 4.98. The minimum absolute atomic E-state index is 0.266. The summed E-state index contributed by atoms with van der Waals surface area (Å²) in [5.74, 6) is 0.387. The Bertz CT molecular complexity index is 388. The minimum atomic E-state index is -0.266. The van der Waals surface area contributed by atoms with Gasteiger partial charge in [-0.3, -0.25) is 0 Å². The Labute approximate surface area is 110 Å². The monoisotopic (exact) mass is 249 g/mol. The molecule has 0 spiro atoms. The summed E-state index contributed by atoms with van der Waals surface area (Å²) in [5, 5.41) is 3.40. The smallest absolute Gasteiger partial charge is 0.338 e. The number of anilines is 1. The van der Waals surface area contributed by atoms with Gasteiger partial charge in [-0.15, -0.1) is 0 Å². The van der Waals surface area contributed by atoms with E-state index in [1.165, 1.54) is 0 Å². The second kappa shape index (κ2) is 7.04. The fraction of sp³-hybridized carbons (Fsp3) is 0.533. The van der Waals surface area contributed by atoms with Crippen molar-refractivity contribution in [2.24, 2.45) is 5.92 Å². The normalized spacial score (nSPS) is 12.3. The highest BCUT2D eigenvalue weighted by Gasteiger charge is 2.09. The molecule has 0 saturated heterocycles. The molecule has 0 fully saturated rings. The lowest BCUT2D eigenvalue weighted by atomic mass is 10.0. The summed E-state index contributed by atoms with van der Waals surface area (Å²) in [6.45, 7) is 8.77. The topological polar surface area (TPSA) is 38.3 Å². The Kier molecular flexibility index (Phi) is 5.69. The molecule has 1 N–H and O–H groups in total. The van der Waals surface area contributed by atoms with E-state index in [0.717, 1.165) is 12.1 Å². The lowest BCUT2D eigenvalue weighted by Crippen LogP contribution is -2.17. The van der Waals surface area contributed by atoms with Crippen molar-refractivity contribution in [3.05, 3.63) is 29.8 Å². The maximum absolute atomic E-state index is 11.6. The van der Waals surface area contributed by atoms with Gasteiger partial charge in [0, 0.05) is 11.7 Å². The lowest BCUT2D eigenvalue weighted by molar-refractivity contribution is 0.0526. The van der Waals surface area contributed by atoms with Crippen LogP contribution in [0.2, 0.25) is 0 Å². The molecule has 0 radical (unpaired) electrons. The second-order valence-electron chi connectivity index (χ2n) is 4.98. The van der Waals surface area contributed by atoms with Crippen LogP contribution in [0.5, 0.6) is 0 Å². The molecule has 0 aliphatic rings. The molecule has 3 nitrogen and oxygen atoms in total. The first-order chi connectivity index (χ1) is 8.52. The molecule has 1 rings (SSSR count). The van der Waals surface area contributed by atoms with Crippen molar-refractivity contribution >= 4 is 11.7 Å². The van der Waals surface area contributed by atoms with E-state index in [1.807, 2.05) is 25.1 Å². The summed E-state index contributed by atoms with van der Waals surface area (Å²) in [6.07, 6.45) is 1.10. The van der Waals surface area contributed by atoms with E-state index in [-0.39, 0.29) is 5.97 Å². The first kappa shape index (κ1) is 14.6. The predicted molar refractivity (Wildman–Crippen MR) is 74.9 cm³/mol. The third kappa shape index (κ3) is 4.78. The average molecular weight is 249 g/mol. The molecule has 0 aromatic heterocycles. The van der Waals surface area contributed by atoms with Gasteiger partial charge in [0.15, 0.2) is 0 Å². The van der Waals surface area contributed by atoms with Gasteiger partial charge < -0.3 is 10.1 Å². The van der Waals surface area contributed by atoms with Crippen LogP contribution < -0.4 is 5.32 Å². The number of esters is 1. The van der Waals surface area contributed by atoms with Gasteiger partial charge in [0.05, 0.1) is 12.2 Å². The third-order valence-electron chi connectivity index (χ3n) is 2.61. The van der Waals surface area contributed by atoms with Crippen LogP contribution >= 0.6 is 0 Å². The van der Waals surface area contributed by atoms with Crippen LogP contribution in [0.3, 0.4) is 0 Å². The van der Waals surface area contributed by atoms with Gasteiger partial charge in [-0.2, -0.15) is 0 Å². The number of ether oxygens (including phenoxy) is 1. The first-order valence-corrected chi connectivity index (χ1v) is 6.56. The van der Waals surface area contributed by atoms with E-state index >= 15 is 0 Å². The van der Waals surface area contributed by atoms with Crippen molar-refractivity contribution in [1.82, 2.24) is 0 Å². The zero-order valence-corrected chi connectivity index (χ0v) is 11.7. The van der Waals surface area contributed by atoms with Crippen LogP contribution in [-0.4, -0.2) is 18.6 Å². The van der Waals surface area contributed by atoms with Gasteiger partial charge in [0.25, 0.3) is 0 Å². The van der Waals surface area contributed by atoms with Crippen molar-refractivity contribution < 1.29 is 9.53 Å². The van der Waals surface area contributed by atoms with Crippen LogP contribution in [-0.2, 0) is 4.74 Å². The van der Waals surface area contributed by atoms with Gasteiger partial charge >= 0.3 is 5.97 Å². The van der Waals surface area contributed by atoms with E-state index in [2.05, 4.69) is 26.1 Å². The lowest BCUT2D eigenvalue weighted by Gasteiger charge is -2.17. The molecular weight excluding hydrogens is 226 g/mol. The highest BCUT2D eigenvalue weighted by Crippen LogP contribution is 2.15. The highest BCUT2D eigenvalue weighted by atomic mass is 16.5. The number of nitrogens with one attached hydrogen (secondary N) is 1. The molecule has 0 saturated carbocycles. The first-order valence-electron chi connectivity index (χ1n) is 6.56. The third-order valence-corrected chi connectivity index (χ3v) is 2.61. The maximum atomic E-state index is 11.6. The fourth-order valence-electron chi connectivity index (χ4n) is 2.00. The van der Waals surface area contributed by atoms with Crippen molar-refractivity contribution in [3.63, 3.8) is 0 Å². The van der Waals surface area contributed by atoms with Crippen LogP contribution in [0.15, 0.2) is 24.3 Å². The molecule has 18 heavy (non-hydrogen) atoms. The van der Waals surface area contributed by atoms with Crippen molar-refractivity contribution in [2.75, 3.05) is 11.9 Å². The zero-order chi connectivity index (χ0) is 13.5. The van der Waals surface area contributed by atoms with Crippen LogP contribution in [0.25, 0.3) is 0 Å². The van der Waals surface area contributed by atoms with Crippen molar-refractivity contribution in [1.29, 1.82) is 0 Å². The Morgan fingerprint density at radius 1 is 1.33 bits per heavy atom. The van der Waals surface area contributed by atoms with Gasteiger partial charge in [-0.25, -0.2) is 4.79 Å². The Morgan fingerprint density at radius 3 is 2.67 bits per heavy atom. The zero-order valence-electron chi connectivity index (χ0n) is 11.7. The molecular formula is C15H23NO2. The number of benzene rings is 1. The molecule has 0 amide bonds. The molecule has 0 aliphatic heterocycles. The minimum Gasteiger partial charge on any atom is -0.462 e. The van der Waals surface area contributed by atoms with E-state index < -0.39 is 0 Å². The number of hydrogen-bond acceptors (Lipinski definition) is 3. The number of carbonyl (C=O) groups excluding carboxylic acids is 1. The Balaban J connectivity index is 2.67. The average Bonchev–Trinajstić information content (AvgIpc) is 2.28. The van der Waals surface area contributed by atoms with Gasteiger partial charge in [-0.05, 0) is 44.4 Å². The highest BCUT2D eigenvalue weighted by molar-refractivity contribution is 5.90. The molecule has 100 valence electrons. The SMILES string of the molecule is CCOC(=O)c1cccc(NC(C)CC(C)C)c1. The van der Waals surface area contributed by atoms with Crippen LogP contribution in [0.1, 0.15) is 44.5 Å². The molecule has 1 unspecified atom stereocenters. The molecule has 1 aromatic carbocycles. The summed E-state index contributed by atoms with van der Waals surface area (Å²) in [6, 6.07) is 7.85. The fourth-order valence-corrected chi connectivity index (χ4v) is 2.00. The maximum Gasteiger partial charge on any atom is 0.338 e. The molecule has 1 atom stereocenters. The number of hydrogen-bond donors (Lipinski definition) is 1. The number of rotatable bonds is 6. The number of carbonyl (C=O) groups is 1. The predicted octanol–water partition coefficient (Wildman–Crippen LogP) is 3.71. The van der Waals surface area contributed by atoms with E-state index in [9.17, 15) is 4.79 Å². The molecule has 1 aromatic rings. The van der Waals surface area contributed by atoms with Crippen LogP contribution in [0, 0.1) is 5.92 Å². The van der Waals surface area contributed by atoms with E-state index in [4.69, 9.17) is 4.74 Å². The summed E-state index contributed by atoms with van der Waals surface area (Å²) in [5.41, 5.74) is 1.56. The van der Waals surface area contributed by atoms with Crippen molar-refractivity contribution in [3.8, 4) is 0 Å². The quantitative estimate of drug-likeness (QED) is 0.781. The summed E-state index contributed by atoms with van der Waals surface area (Å²) in [4.78, 5) is 11.6. The Morgan fingerprint density at radius 2 is 2.06 bits per heavy atom. The molecule has 0 heterocycles. The van der Waals surface area contributed by atoms with Gasteiger partial charge in [-0.1, -0.05) is 19.9 Å². The standard InChI is InChI=1S/C15H23NO2/c1-5-18-15(17)13-7-6-8-14(10-13)16-12(4)9-11(2)3/h6-8,10-12,16H,5,9H2,1-4H3. The largest absolute Gasteiger partial charge is 0.462 e. The van der Waals surface area contributed by atoms with E-state index in [0.29, 0.717) is 24.1 Å². The molecule has 3 heteroatoms. The Hall–Kier alpha value is -1.51. The summed E-state index contributed by atoms with van der Waals surface area (Å²) < 4.78 is 4.99. The van der Waals surface area contributed by atoms with Crippen LogP contribution in [0.4, 0.5) is 5.69 Å². The summed E-state index contributed by atoms with van der Waals surface area (Å²) in [7, 11) is 0. The molecule has 0 bridgehead atoms. The van der Waals surface area contributed by atoms with Gasteiger partial charge in [0.2, 0.25) is 0 Å². The van der Waals surface area contributed by atoms with E-state index in [1.54, 1.807) is 6.07 Å².